The fourth-order valence-electron chi connectivity index (χ4n) is 1.91. The van der Waals surface area contributed by atoms with Crippen molar-refractivity contribution in [2.45, 2.75) is 33.6 Å². The second-order valence-electron chi connectivity index (χ2n) is 4.09. The Balaban J connectivity index is 2.86. The van der Waals surface area contributed by atoms with E-state index in [1.807, 2.05) is 6.92 Å². The Kier molecular flexibility index (Phi) is 6.43. The minimum absolute atomic E-state index is 0.594. The third-order valence-corrected chi connectivity index (χ3v) is 2.85. The Morgan fingerprint density at radius 1 is 1.28 bits per heavy atom. The van der Waals surface area contributed by atoms with Crippen LogP contribution in [0.15, 0.2) is 6.33 Å². The van der Waals surface area contributed by atoms with Crippen molar-refractivity contribution < 1.29 is 4.74 Å². The number of aromatic nitrogens is 2. The minimum atomic E-state index is 0.594. The maximum atomic E-state index is 5.95. The molecule has 0 saturated heterocycles. The molecule has 0 spiro atoms. The molecular weight excluding hydrogens is 228 g/mol. The van der Waals surface area contributed by atoms with Crippen molar-refractivity contribution in [3.05, 3.63) is 11.9 Å². The summed E-state index contributed by atoms with van der Waals surface area (Å²) < 4.78 is 5.40. The van der Waals surface area contributed by atoms with Crippen molar-refractivity contribution >= 4 is 11.6 Å². The quantitative estimate of drug-likeness (QED) is 0.716. The van der Waals surface area contributed by atoms with Crippen LogP contribution in [0.2, 0.25) is 0 Å². The summed E-state index contributed by atoms with van der Waals surface area (Å²) in [6.45, 7) is 9.41. The molecule has 0 unspecified atom stereocenters. The van der Waals surface area contributed by atoms with Gasteiger partial charge < -0.3 is 15.4 Å². The van der Waals surface area contributed by atoms with E-state index in [2.05, 4.69) is 28.7 Å². The average Bonchev–Trinajstić information content (AvgIpc) is 2.38. The zero-order valence-corrected chi connectivity index (χ0v) is 11.6. The normalized spacial score (nSPS) is 10.6. The van der Waals surface area contributed by atoms with E-state index in [9.17, 15) is 0 Å². The molecule has 0 atom stereocenters. The van der Waals surface area contributed by atoms with Crippen molar-refractivity contribution in [3.63, 3.8) is 0 Å². The molecule has 1 aromatic rings. The molecule has 0 amide bonds. The van der Waals surface area contributed by atoms with E-state index < -0.39 is 0 Å². The van der Waals surface area contributed by atoms with Crippen LogP contribution in [0.5, 0.6) is 0 Å². The first-order valence-corrected chi connectivity index (χ1v) is 6.66. The number of anilines is 2. The molecule has 2 N–H and O–H groups in total. The Labute approximate surface area is 109 Å². The predicted molar refractivity (Wildman–Crippen MR) is 74.8 cm³/mol. The Hall–Kier alpha value is -1.36. The van der Waals surface area contributed by atoms with E-state index in [0.717, 1.165) is 43.9 Å². The van der Waals surface area contributed by atoms with Crippen LogP contribution in [0.3, 0.4) is 0 Å². The molecule has 0 aliphatic heterocycles. The molecule has 0 aliphatic carbocycles. The van der Waals surface area contributed by atoms with Gasteiger partial charge >= 0.3 is 0 Å². The fraction of sp³-hybridized carbons (Fsp3) is 0.692. The van der Waals surface area contributed by atoms with Gasteiger partial charge in [0.15, 0.2) is 0 Å². The number of hydrogen-bond donors (Lipinski definition) is 1. The minimum Gasteiger partial charge on any atom is -0.383 e. The number of hydrogen-bond acceptors (Lipinski definition) is 5. The fourth-order valence-corrected chi connectivity index (χ4v) is 1.91. The van der Waals surface area contributed by atoms with Crippen LogP contribution in [-0.2, 0) is 11.2 Å². The molecule has 0 bridgehead atoms. The summed E-state index contributed by atoms with van der Waals surface area (Å²) in [7, 11) is 0. The van der Waals surface area contributed by atoms with Crippen LogP contribution in [0, 0.1) is 0 Å². The van der Waals surface area contributed by atoms with Crippen LogP contribution in [0.1, 0.15) is 32.8 Å². The van der Waals surface area contributed by atoms with E-state index in [1.54, 1.807) is 0 Å². The van der Waals surface area contributed by atoms with Crippen LogP contribution in [0.25, 0.3) is 0 Å². The molecule has 5 heteroatoms. The summed E-state index contributed by atoms with van der Waals surface area (Å²) in [5.74, 6) is 1.54. The molecule has 0 fully saturated rings. The van der Waals surface area contributed by atoms with Crippen LogP contribution < -0.4 is 10.6 Å². The lowest BCUT2D eigenvalue weighted by molar-refractivity contribution is 0.154. The number of ether oxygens (including phenoxy) is 1. The van der Waals surface area contributed by atoms with E-state index in [0.29, 0.717) is 12.4 Å². The van der Waals surface area contributed by atoms with Gasteiger partial charge in [-0.15, -0.1) is 0 Å². The average molecular weight is 252 g/mol. The number of nitrogens with zero attached hydrogens (tertiary/aromatic N) is 3. The molecule has 0 radical (unpaired) electrons. The summed E-state index contributed by atoms with van der Waals surface area (Å²) in [4.78, 5) is 10.7. The Morgan fingerprint density at radius 2 is 2.06 bits per heavy atom. The monoisotopic (exact) mass is 252 g/mol. The van der Waals surface area contributed by atoms with E-state index in [4.69, 9.17) is 10.5 Å². The molecule has 0 aromatic carbocycles. The van der Waals surface area contributed by atoms with Crippen molar-refractivity contribution in [1.82, 2.24) is 9.97 Å². The lowest BCUT2D eigenvalue weighted by Gasteiger charge is -2.24. The second-order valence-corrected chi connectivity index (χ2v) is 4.09. The van der Waals surface area contributed by atoms with Gasteiger partial charge in [0.25, 0.3) is 0 Å². The molecular formula is C13H24N4O. The maximum Gasteiger partial charge on any atom is 0.137 e. The topological polar surface area (TPSA) is 64.3 Å². The zero-order valence-electron chi connectivity index (χ0n) is 11.6. The first-order valence-electron chi connectivity index (χ1n) is 6.66. The van der Waals surface area contributed by atoms with Gasteiger partial charge in [0.05, 0.1) is 6.61 Å². The van der Waals surface area contributed by atoms with Gasteiger partial charge in [-0.3, -0.25) is 0 Å². The first kappa shape index (κ1) is 14.7. The van der Waals surface area contributed by atoms with Gasteiger partial charge in [-0.1, -0.05) is 13.3 Å². The molecule has 102 valence electrons. The SMILES string of the molecule is CCCc1c(N)ncnc1N(CC)CCOCC. The van der Waals surface area contributed by atoms with Gasteiger partial charge in [-0.25, -0.2) is 9.97 Å². The zero-order chi connectivity index (χ0) is 13.4. The summed E-state index contributed by atoms with van der Waals surface area (Å²) >= 11 is 0. The summed E-state index contributed by atoms with van der Waals surface area (Å²) in [5, 5.41) is 0. The second kappa shape index (κ2) is 7.87. The van der Waals surface area contributed by atoms with Gasteiger partial charge in [0.1, 0.15) is 18.0 Å². The van der Waals surface area contributed by atoms with Gasteiger partial charge in [0, 0.05) is 25.3 Å². The van der Waals surface area contributed by atoms with Crippen molar-refractivity contribution in [1.29, 1.82) is 0 Å². The van der Waals surface area contributed by atoms with Crippen molar-refractivity contribution in [2.75, 3.05) is 36.9 Å². The van der Waals surface area contributed by atoms with Crippen LogP contribution >= 0.6 is 0 Å². The Bertz CT molecular complexity index is 357. The predicted octanol–water partition coefficient (Wildman–Crippen LogP) is 1.87. The third-order valence-electron chi connectivity index (χ3n) is 2.85. The molecule has 5 nitrogen and oxygen atoms in total. The lowest BCUT2D eigenvalue weighted by atomic mass is 10.1. The van der Waals surface area contributed by atoms with Crippen LogP contribution in [0.4, 0.5) is 11.6 Å². The number of likely N-dealkylation sites (N-methyl/N-ethyl adjacent to an activating group) is 1. The largest absolute Gasteiger partial charge is 0.383 e. The summed E-state index contributed by atoms with van der Waals surface area (Å²) in [5.41, 5.74) is 7.00. The number of rotatable bonds is 8. The van der Waals surface area contributed by atoms with Gasteiger partial charge in [-0.2, -0.15) is 0 Å². The first-order chi connectivity index (χ1) is 8.74. The van der Waals surface area contributed by atoms with E-state index in [1.165, 1.54) is 6.33 Å². The standard InChI is InChI=1S/C13H24N4O/c1-4-7-11-12(14)15-10-16-13(11)17(5-2)8-9-18-6-3/h10H,4-9H2,1-3H3,(H2,14,15,16). The molecule has 18 heavy (non-hydrogen) atoms. The molecule has 0 saturated carbocycles. The smallest absolute Gasteiger partial charge is 0.137 e. The third kappa shape index (κ3) is 3.84. The molecule has 1 aromatic heterocycles. The van der Waals surface area contributed by atoms with Crippen molar-refractivity contribution in [3.8, 4) is 0 Å². The van der Waals surface area contributed by atoms with Crippen LogP contribution in [-0.4, -0.2) is 36.3 Å². The molecule has 1 heterocycles. The highest BCUT2D eigenvalue weighted by Crippen LogP contribution is 2.22. The Morgan fingerprint density at radius 3 is 2.67 bits per heavy atom. The van der Waals surface area contributed by atoms with Gasteiger partial charge in [-0.05, 0) is 20.3 Å². The van der Waals surface area contributed by atoms with Gasteiger partial charge in [0.2, 0.25) is 0 Å². The highest BCUT2D eigenvalue weighted by Gasteiger charge is 2.14. The highest BCUT2D eigenvalue weighted by molar-refractivity contribution is 5.56. The van der Waals surface area contributed by atoms with Crippen molar-refractivity contribution in [2.24, 2.45) is 0 Å². The maximum absolute atomic E-state index is 5.95. The van der Waals surface area contributed by atoms with E-state index in [-0.39, 0.29) is 0 Å². The highest BCUT2D eigenvalue weighted by atomic mass is 16.5. The number of nitrogens with two attached hydrogens (primary N) is 1. The van der Waals surface area contributed by atoms with E-state index >= 15 is 0 Å². The number of nitrogen functional groups attached to an aromatic ring is 1. The molecule has 1 rings (SSSR count). The molecule has 0 aliphatic rings. The summed E-state index contributed by atoms with van der Waals surface area (Å²) in [6.07, 6.45) is 3.48. The lowest BCUT2D eigenvalue weighted by Crippen LogP contribution is -2.29. The summed E-state index contributed by atoms with van der Waals surface area (Å²) in [6, 6.07) is 0.